The first kappa shape index (κ1) is 23.6. The Labute approximate surface area is 189 Å². The number of aliphatic hydroxyl groups excluding tert-OH is 1. The number of carboxylic acid groups (broad SMARTS) is 2. The van der Waals surface area contributed by atoms with Gasteiger partial charge in [0.05, 0.1) is 5.52 Å². The summed E-state index contributed by atoms with van der Waals surface area (Å²) in [5.41, 5.74) is 14.5. The van der Waals surface area contributed by atoms with Crippen molar-refractivity contribution in [3.8, 4) is 0 Å². The first-order valence-electron chi connectivity index (χ1n) is 10.1. The Bertz CT molecular complexity index is 1200. The lowest BCUT2D eigenvalue weighted by Gasteiger charge is -2.20. The minimum absolute atomic E-state index is 0.131. The molecule has 0 spiro atoms. The number of anilines is 2. The van der Waals surface area contributed by atoms with Crippen LogP contribution in [0, 0.1) is 0 Å². The Morgan fingerprint density at radius 1 is 1.00 bits per heavy atom. The highest BCUT2D eigenvalue weighted by Crippen LogP contribution is 2.21. The molecular weight excluding hydrogens is 426 g/mol. The van der Waals surface area contributed by atoms with E-state index in [1.54, 1.807) is 12.1 Å². The SMILES string of the molecule is C=C(C[C@H](NC(O)c1ccc(CCc2ccc3nc(N)nc(N)c3c2)cc1)C(=O)O)C(=O)O. The fraction of sp³-hybridized carbons (Fsp3) is 0.217. The normalized spacial score (nSPS) is 12.9. The molecule has 3 rings (SSSR count). The largest absolute Gasteiger partial charge is 0.480 e. The van der Waals surface area contributed by atoms with Gasteiger partial charge in [-0.25, -0.2) is 9.78 Å². The number of fused-ring (bicyclic) bond motifs is 1. The van der Waals surface area contributed by atoms with Gasteiger partial charge in [0.2, 0.25) is 5.95 Å². The van der Waals surface area contributed by atoms with Crippen molar-refractivity contribution in [2.45, 2.75) is 31.5 Å². The molecule has 33 heavy (non-hydrogen) atoms. The molecule has 0 saturated carbocycles. The van der Waals surface area contributed by atoms with Gasteiger partial charge in [-0.1, -0.05) is 36.9 Å². The third-order valence-electron chi connectivity index (χ3n) is 5.21. The van der Waals surface area contributed by atoms with Crippen molar-refractivity contribution in [1.82, 2.24) is 15.3 Å². The number of rotatable bonds is 10. The summed E-state index contributed by atoms with van der Waals surface area (Å²) in [7, 11) is 0. The van der Waals surface area contributed by atoms with Gasteiger partial charge in [0.25, 0.3) is 0 Å². The summed E-state index contributed by atoms with van der Waals surface area (Å²) in [4.78, 5) is 30.4. The molecule has 1 unspecified atom stereocenters. The second kappa shape index (κ2) is 10.1. The summed E-state index contributed by atoms with van der Waals surface area (Å²) in [6.45, 7) is 3.33. The third-order valence-corrected chi connectivity index (χ3v) is 5.21. The van der Waals surface area contributed by atoms with E-state index in [-0.39, 0.29) is 17.9 Å². The molecule has 0 amide bonds. The van der Waals surface area contributed by atoms with Gasteiger partial charge in [-0.05, 0) is 41.7 Å². The first-order chi connectivity index (χ1) is 15.6. The molecule has 2 atom stereocenters. The van der Waals surface area contributed by atoms with Crippen LogP contribution in [-0.4, -0.2) is 43.3 Å². The van der Waals surface area contributed by atoms with E-state index in [2.05, 4.69) is 21.9 Å². The molecule has 1 heterocycles. The topological polar surface area (TPSA) is 185 Å². The smallest absolute Gasteiger partial charge is 0.331 e. The zero-order chi connectivity index (χ0) is 24.1. The summed E-state index contributed by atoms with van der Waals surface area (Å²) in [6, 6.07) is 11.5. The fourth-order valence-corrected chi connectivity index (χ4v) is 3.37. The summed E-state index contributed by atoms with van der Waals surface area (Å²) in [5, 5.41) is 31.8. The van der Waals surface area contributed by atoms with E-state index < -0.39 is 24.2 Å². The van der Waals surface area contributed by atoms with Crippen LogP contribution in [0.2, 0.25) is 0 Å². The predicted molar refractivity (Wildman–Crippen MR) is 123 cm³/mol. The number of benzene rings is 2. The van der Waals surface area contributed by atoms with E-state index in [0.29, 0.717) is 16.9 Å². The van der Waals surface area contributed by atoms with Crippen molar-refractivity contribution in [3.05, 3.63) is 71.3 Å². The number of aromatic nitrogens is 2. The summed E-state index contributed by atoms with van der Waals surface area (Å²) in [6.07, 6.45) is -0.162. The summed E-state index contributed by atoms with van der Waals surface area (Å²) < 4.78 is 0. The molecule has 3 aromatic rings. The number of nitrogens with one attached hydrogen (secondary N) is 1. The highest BCUT2D eigenvalue weighted by Gasteiger charge is 2.24. The Hall–Kier alpha value is -4.02. The molecule has 10 nitrogen and oxygen atoms in total. The lowest BCUT2D eigenvalue weighted by atomic mass is 10.0. The molecule has 8 N–H and O–H groups in total. The van der Waals surface area contributed by atoms with Crippen LogP contribution in [0.15, 0.2) is 54.6 Å². The van der Waals surface area contributed by atoms with E-state index in [0.717, 1.165) is 29.4 Å². The van der Waals surface area contributed by atoms with Gasteiger partial charge in [-0.15, -0.1) is 0 Å². The number of aryl methyl sites for hydroxylation is 2. The van der Waals surface area contributed by atoms with Gasteiger partial charge in [0.15, 0.2) is 0 Å². The summed E-state index contributed by atoms with van der Waals surface area (Å²) >= 11 is 0. The van der Waals surface area contributed by atoms with E-state index in [9.17, 15) is 19.8 Å². The number of carbonyl (C=O) groups is 2. The minimum Gasteiger partial charge on any atom is -0.480 e. The van der Waals surface area contributed by atoms with Crippen LogP contribution in [0.3, 0.4) is 0 Å². The van der Waals surface area contributed by atoms with Gasteiger partial charge in [-0.3, -0.25) is 10.1 Å². The molecule has 2 aromatic carbocycles. The molecule has 0 aliphatic heterocycles. The molecule has 1 aromatic heterocycles. The lowest BCUT2D eigenvalue weighted by Crippen LogP contribution is -2.40. The fourth-order valence-electron chi connectivity index (χ4n) is 3.37. The quantitative estimate of drug-likeness (QED) is 0.195. The maximum atomic E-state index is 11.4. The maximum absolute atomic E-state index is 11.4. The van der Waals surface area contributed by atoms with Gasteiger partial charge >= 0.3 is 11.9 Å². The van der Waals surface area contributed by atoms with Crippen LogP contribution in [0.5, 0.6) is 0 Å². The van der Waals surface area contributed by atoms with Gasteiger partial charge in [-0.2, -0.15) is 4.98 Å². The minimum atomic E-state index is -1.29. The Balaban J connectivity index is 1.62. The van der Waals surface area contributed by atoms with Crippen molar-refractivity contribution in [2.24, 2.45) is 0 Å². The van der Waals surface area contributed by atoms with Crippen LogP contribution in [0.25, 0.3) is 10.9 Å². The zero-order valence-electron chi connectivity index (χ0n) is 17.7. The number of nitrogens with two attached hydrogens (primary N) is 2. The molecule has 0 bridgehead atoms. The molecule has 0 fully saturated rings. The Morgan fingerprint density at radius 3 is 2.27 bits per heavy atom. The molecule has 0 aliphatic rings. The van der Waals surface area contributed by atoms with Crippen LogP contribution in [0.1, 0.15) is 29.3 Å². The van der Waals surface area contributed by atoms with Crippen LogP contribution < -0.4 is 16.8 Å². The predicted octanol–water partition coefficient (Wildman–Crippen LogP) is 1.64. The summed E-state index contributed by atoms with van der Waals surface area (Å²) in [5.74, 6) is -2.10. The average Bonchev–Trinajstić information content (AvgIpc) is 2.77. The number of carboxylic acids is 2. The van der Waals surface area contributed by atoms with E-state index in [4.69, 9.17) is 16.6 Å². The number of aliphatic hydroxyl groups is 1. The highest BCUT2D eigenvalue weighted by molar-refractivity contribution is 5.89. The number of nitrogen functional groups attached to an aromatic ring is 2. The highest BCUT2D eigenvalue weighted by atomic mass is 16.4. The van der Waals surface area contributed by atoms with Crippen molar-refractivity contribution in [2.75, 3.05) is 11.5 Å². The number of aliphatic carboxylic acids is 2. The van der Waals surface area contributed by atoms with Crippen molar-refractivity contribution < 1.29 is 24.9 Å². The molecule has 0 radical (unpaired) electrons. The molecule has 0 saturated heterocycles. The second-order valence-corrected chi connectivity index (χ2v) is 7.63. The number of hydrogen-bond acceptors (Lipinski definition) is 8. The van der Waals surface area contributed by atoms with E-state index >= 15 is 0 Å². The molecule has 10 heteroatoms. The number of hydrogen-bond donors (Lipinski definition) is 6. The third kappa shape index (κ3) is 6.03. The molecule has 172 valence electrons. The standard InChI is InChI=1S/C23H25N5O5/c1-12(21(30)31)10-18(22(32)33)26-20(29)15-7-4-13(5-8-15)2-3-14-6-9-17-16(11-14)19(24)28-23(25)27-17/h4-9,11,18,20,26,29H,1-3,10H2,(H,30,31)(H,32,33)(H4,24,25,27,28)/t18-,20?/m0/s1. The maximum Gasteiger partial charge on any atom is 0.331 e. The van der Waals surface area contributed by atoms with Gasteiger partial charge in [0.1, 0.15) is 18.1 Å². The Morgan fingerprint density at radius 2 is 1.64 bits per heavy atom. The van der Waals surface area contributed by atoms with Gasteiger partial charge in [0, 0.05) is 17.4 Å². The monoisotopic (exact) mass is 451 g/mol. The Kier molecular flexibility index (Phi) is 7.21. The molecule has 0 aliphatic carbocycles. The van der Waals surface area contributed by atoms with Crippen molar-refractivity contribution in [1.29, 1.82) is 0 Å². The van der Waals surface area contributed by atoms with Crippen LogP contribution in [0.4, 0.5) is 11.8 Å². The number of nitrogens with zero attached hydrogens (tertiary/aromatic N) is 2. The van der Waals surface area contributed by atoms with Gasteiger partial charge < -0.3 is 26.8 Å². The molecular formula is C23H25N5O5. The van der Waals surface area contributed by atoms with Crippen molar-refractivity contribution in [3.63, 3.8) is 0 Å². The van der Waals surface area contributed by atoms with Crippen LogP contribution in [-0.2, 0) is 22.4 Å². The van der Waals surface area contributed by atoms with E-state index in [1.807, 2.05) is 30.3 Å². The second-order valence-electron chi connectivity index (χ2n) is 7.63. The van der Waals surface area contributed by atoms with E-state index in [1.165, 1.54) is 0 Å². The zero-order valence-corrected chi connectivity index (χ0v) is 17.7. The first-order valence-corrected chi connectivity index (χ1v) is 10.1. The van der Waals surface area contributed by atoms with Crippen LogP contribution >= 0.6 is 0 Å². The van der Waals surface area contributed by atoms with Crippen molar-refractivity contribution >= 4 is 34.6 Å². The lowest BCUT2D eigenvalue weighted by molar-refractivity contribution is -0.140. The average molecular weight is 451 g/mol.